The highest BCUT2D eigenvalue weighted by atomic mass is 19.3. The van der Waals surface area contributed by atoms with E-state index in [1.165, 1.54) is 0 Å². The van der Waals surface area contributed by atoms with Gasteiger partial charge in [-0.05, 0) is 22.3 Å². The summed E-state index contributed by atoms with van der Waals surface area (Å²) in [6.07, 6.45) is -0.0465. The number of alkyl carbamates (subject to hydrolysis) is 1. The molecular weight excluding hydrogens is 395 g/mol. The van der Waals surface area contributed by atoms with Crippen LogP contribution in [0.15, 0.2) is 48.5 Å². The molecule has 156 valence electrons. The predicted molar refractivity (Wildman–Crippen MR) is 103 cm³/mol. The van der Waals surface area contributed by atoms with E-state index in [1.54, 1.807) is 0 Å². The highest BCUT2D eigenvalue weighted by molar-refractivity contribution is 6.01. The summed E-state index contributed by atoms with van der Waals surface area (Å²) in [6.45, 7) is -0.447. The highest BCUT2D eigenvalue weighted by Crippen LogP contribution is 2.44. The molecule has 1 aliphatic carbocycles. The summed E-state index contributed by atoms with van der Waals surface area (Å²) < 4.78 is 16.7. The molecule has 0 spiro atoms. The molecule has 0 saturated carbocycles. The maximum absolute atomic E-state index is 11.6. The fourth-order valence-electron chi connectivity index (χ4n) is 3.33. The molecule has 2 N–H and O–H groups in total. The first kappa shape index (κ1) is 21.0. The van der Waals surface area contributed by atoms with Crippen LogP contribution in [0.2, 0.25) is 0 Å². The van der Waals surface area contributed by atoms with Gasteiger partial charge in [0.25, 0.3) is 0 Å². The van der Waals surface area contributed by atoms with Gasteiger partial charge >= 0.3 is 12.1 Å². The average molecular weight is 414 g/mol. The number of fused-ring (bicyclic) bond motifs is 3. The predicted octanol–water partition coefficient (Wildman–Crippen LogP) is 2.38. The fraction of sp³-hybridized carbons (Fsp3) is 0.238. The van der Waals surface area contributed by atoms with Crippen LogP contribution in [0.5, 0.6) is 0 Å². The lowest BCUT2D eigenvalue weighted by Gasteiger charge is -2.14. The molecule has 8 nitrogen and oxygen atoms in total. The molecule has 0 atom stereocenters. The molecule has 3 amide bonds. The average Bonchev–Trinajstić information content (AvgIpc) is 3.30. The zero-order valence-corrected chi connectivity index (χ0v) is 15.9. The molecule has 0 radical (unpaired) electrons. The molecule has 2 aromatic rings. The van der Waals surface area contributed by atoms with Crippen LogP contribution < -0.4 is 10.6 Å². The minimum atomic E-state index is -1.18. The van der Waals surface area contributed by atoms with E-state index in [0.29, 0.717) is 12.8 Å². The second-order valence-electron chi connectivity index (χ2n) is 6.60. The Labute approximate surface area is 171 Å². The quantitative estimate of drug-likeness (QED) is 0.744. The van der Waals surface area contributed by atoms with E-state index in [9.17, 15) is 23.7 Å². The van der Waals surface area contributed by atoms with Crippen LogP contribution in [0.3, 0.4) is 0 Å². The molecule has 1 heterocycles. The lowest BCUT2D eigenvalue weighted by Crippen LogP contribution is -2.31. The summed E-state index contributed by atoms with van der Waals surface area (Å²) in [6, 6.07) is 15.9. The lowest BCUT2D eigenvalue weighted by atomic mass is 9.98. The standard InChI is InChI=1S/C17H14FNO4.C4H5NO2/c18-23-16(20)9-19-17(21)22-10-15-13-7-3-1-5-11(13)12-6-2-4-8-14(12)15;6-3-1-2-4(7)5-3/h1-8,15H,9-10H2,(H,19,21);1-2H2,(H,5,6,7). The van der Waals surface area contributed by atoms with E-state index in [-0.39, 0.29) is 24.3 Å². The molecule has 4 rings (SSSR count). The monoisotopic (exact) mass is 414 g/mol. The molecule has 0 bridgehead atoms. The third kappa shape index (κ3) is 4.99. The van der Waals surface area contributed by atoms with Gasteiger partial charge in [0, 0.05) is 23.3 Å². The minimum Gasteiger partial charge on any atom is -0.449 e. The molecule has 0 aromatic heterocycles. The minimum absolute atomic E-state index is 0.0683. The molecule has 1 saturated heterocycles. The molecule has 0 unspecified atom stereocenters. The summed E-state index contributed by atoms with van der Waals surface area (Å²) >= 11 is 0. The molecule has 1 fully saturated rings. The van der Waals surface area contributed by atoms with Crippen molar-refractivity contribution in [1.29, 1.82) is 0 Å². The summed E-state index contributed by atoms with van der Waals surface area (Å²) in [5.74, 6) is -1.55. The van der Waals surface area contributed by atoms with Crippen molar-refractivity contribution in [2.24, 2.45) is 0 Å². The van der Waals surface area contributed by atoms with Crippen molar-refractivity contribution in [2.45, 2.75) is 18.8 Å². The van der Waals surface area contributed by atoms with E-state index < -0.39 is 18.6 Å². The first-order chi connectivity index (χ1) is 14.5. The van der Waals surface area contributed by atoms with Gasteiger partial charge in [-0.25, -0.2) is 9.59 Å². The van der Waals surface area contributed by atoms with E-state index in [2.05, 4.69) is 15.6 Å². The van der Waals surface area contributed by atoms with Gasteiger partial charge in [-0.3, -0.25) is 19.8 Å². The van der Waals surface area contributed by atoms with Crippen LogP contribution in [-0.4, -0.2) is 37.0 Å². The number of ether oxygens (including phenoxy) is 1. The van der Waals surface area contributed by atoms with Gasteiger partial charge < -0.3 is 10.1 Å². The first-order valence-electron chi connectivity index (χ1n) is 9.22. The van der Waals surface area contributed by atoms with Gasteiger partial charge in [0.05, 0.1) is 0 Å². The maximum Gasteiger partial charge on any atom is 0.407 e. The molecule has 1 aliphatic heterocycles. The van der Waals surface area contributed by atoms with Crippen molar-refractivity contribution in [3.05, 3.63) is 59.7 Å². The van der Waals surface area contributed by atoms with E-state index in [1.807, 2.05) is 48.5 Å². The summed E-state index contributed by atoms with van der Waals surface area (Å²) in [5, 5.41) is 4.27. The summed E-state index contributed by atoms with van der Waals surface area (Å²) in [4.78, 5) is 45.4. The van der Waals surface area contributed by atoms with Gasteiger partial charge in [-0.1, -0.05) is 48.5 Å². The number of amides is 3. The Hall–Kier alpha value is -3.75. The number of carbonyl (C=O) groups excluding carboxylic acids is 4. The Morgan fingerprint density at radius 3 is 1.97 bits per heavy atom. The van der Waals surface area contributed by atoms with Gasteiger partial charge in [-0.15, -0.1) is 0 Å². The van der Waals surface area contributed by atoms with Crippen molar-refractivity contribution < 1.29 is 33.4 Å². The molecular formula is C21H19FN2O6. The van der Waals surface area contributed by atoms with Gasteiger partial charge in [-0.2, -0.15) is 0 Å². The molecule has 9 heteroatoms. The zero-order chi connectivity index (χ0) is 21.5. The number of halogens is 1. The maximum atomic E-state index is 11.6. The Balaban J connectivity index is 0.000000310. The number of imide groups is 1. The Kier molecular flexibility index (Phi) is 6.74. The van der Waals surface area contributed by atoms with E-state index in [0.717, 1.165) is 22.3 Å². The van der Waals surface area contributed by atoms with Gasteiger partial charge in [0.2, 0.25) is 11.8 Å². The van der Waals surface area contributed by atoms with Gasteiger partial charge in [0.15, 0.2) is 0 Å². The van der Waals surface area contributed by atoms with Gasteiger partial charge in [0.1, 0.15) is 13.2 Å². The van der Waals surface area contributed by atoms with Crippen LogP contribution >= 0.6 is 0 Å². The van der Waals surface area contributed by atoms with Crippen molar-refractivity contribution in [3.8, 4) is 11.1 Å². The molecule has 2 aromatic carbocycles. The van der Waals surface area contributed by atoms with Crippen LogP contribution in [0.25, 0.3) is 11.1 Å². The molecule has 30 heavy (non-hydrogen) atoms. The van der Waals surface area contributed by atoms with Crippen molar-refractivity contribution in [3.63, 3.8) is 0 Å². The summed E-state index contributed by atoms with van der Waals surface area (Å²) in [7, 11) is 0. The third-order valence-corrected chi connectivity index (χ3v) is 4.66. The third-order valence-electron chi connectivity index (χ3n) is 4.66. The summed E-state index contributed by atoms with van der Waals surface area (Å²) in [5.41, 5.74) is 4.42. The Bertz CT molecular complexity index is 918. The number of hydrogen-bond acceptors (Lipinski definition) is 6. The second kappa shape index (κ2) is 9.64. The number of benzene rings is 2. The van der Waals surface area contributed by atoms with Crippen molar-refractivity contribution in [1.82, 2.24) is 10.6 Å². The highest BCUT2D eigenvalue weighted by Gasteiger charge is 2.29. The SMILES string of the molecule is O=C(CNC(=O)OCC1c2ccccc2-c2ccccc21)OF.O=C1CCC(=O)N1. The first-order valence-corrected chi connectivity index (χ1v) is 9.22. The normalized spacial score (nSPS) is 14.0. The second-order valence-corrected chi connectivity index (χ2v) is 6.60. The van der Waals surface area contributed by atoms with Crippen LogP contribution in [-0.2, 0) is 24.1 Å². The Morgan fingerprint density at radius 1 is 0.967 bits per heavy atom. The lowest BCUT2D eigenvalue weighted by molar-refractivity contribution is -0.182. The topological polar surface area (TPSA) is 111 Å². The van der Waals surface area contributed by atoms with Crippen molar-refractivity contribution in [2.75, 3.05) is 13.2 Å². The number of rotatable bonds is 4. The van der Waals surface area contributed by atoms with E-state index >= 15 is 0 Å². The Morgan fingerprint density at radius 2 is 1.50 bits per heavy atom. The largest absolute Gasteiger partial charge is 0.449 e. The smallest absolute Gasteiger partial charge is 0.407 e. The number of hydrogen-bond donors (Lipinski definition) is 2. The van der Waals surface area contributed by atoms with E-state index in [4.69, 9.17) is 4.74 Å². The zero-order valence-electron chi connectivity index (χ0n) is 15.9. The van der Waals surface area contributed by atoms with Crippen LogP contribution in [0.4, 0.5) is 9.32 Å². The van der Waals surface area contributed by atoms with Crippen molar-refractivity contribution >= 4 is 23.9 Å². The fourth-order valence-corrected chi connectivity index (χ4v) is 3.33. The number of carbonyl (C=O) groups is 4. The van der Waals surface area contributed by atoms with Crippen LogP contribution in [0, 0.1) is 0 Å². The number of nitrogens with one attached hydrogen (secondary N) is 2. The van der Waals surface area contributed by atoms with Crippen LogP contribution in [0.1, 0.15) is 29.9 Å². The molecule has 2 aliphatic rings.